The summed E-state index contributed by atoms with van der Waals surface area (Å²) in [4.78, 5) is 37.4. The van der Waals surface area contributed by atoms with E-state index < -0.39 is 18.0 Å². The molecule has 114 valence electrons. The van der Waals surface area contributed by atoms with E-state index in [4.69, 9.17) is 5.11 Å². The molecule has 1 atom stereocenters. The van der Waals surface area contributed by atoms with Gasteiger partial charge in [0.25, 0.3) is 0 Å². The molecule has 0 radical (unpaired) electrons. The number of likely N-dealkylation sites (N-methyl/N-ethyl adjacent to an activating group) is 1. The number of nitrogens with one attached hydrogen (secondary N) is 1. The van der Waals surface area contributed by atoms with Crippen LogP contribution in [0.25, 0.3) is 0 Å². The van der Waals surface area contributed by atoms with E-state index >= 15 is 0 Å². The van der Waals surface area contributed by atoms with Gasteiger partial charge in [0.1, 0.15) is 12.6 Å². The van der Waals surface area contributed by atoms with E-state index in [2.05, 4.69) is 5.32 Å². The van der Waals surface area contributed by atoms with Crippen LogP contribution in [-0.2, 0) is 9.59 Å². The van der Waals surface area contributed by atoms with Crippen LogP contribution < -0.4 is 5.32 Å². The maximum Gasteiger partial charge on any atom is 0.326 e. The number of aliphatic carboxylic acids is 1. The van der Waals surface area contributed by atoms with Gasteiger partial charge < -0.3 is 20.2 Å². The van der Waals surface area contributed by atoms with Crippen LogP contribution in [0.15, 0.2) is 0 Å². The topological polar surface area (TPSA) is 90.0 Å². The smallest absolute Gasteiger partial charge is 0.326 e. The molecule has 20 heavy (non-hydrogen) atoms. The maximum absolute atomic E-state index is 12.1. The van der Waals surface area contributed by atoms with Crippen LogP contribution in [0.4, 0.5) is 4.79 Å². The molecule has 1 aliphatic rings. The lowest BCUT2D eigenvalue weighted by atomic mass is 10.2. The molecule has 1 saturated heterocycles. The normalized spacial score (nSPS) is 18.2. The van der Waals surface area contributed by atoms with Gasteiger partial charge in [0, 0.05) is 20.1 Å². The van der Waals surface area contributed by atoms with Crippen LogP contribution in [0.5, 0.6) is 0 Å². The number of carbonyl (C=O) groups excluding carboxylic acids is 2. The molecule has 2 N–H and O–H groups in total. The highest BCUT2D eigenvalue weighted by Gasteiger charge is 2.35. The number of hydrogen-bond donors (Lipinski definition) is 2. The maximum atomic E-state index is 12.1. The minimum Gasteiger partial charge on any atom is -0.480 e. The van der Waals surface area contributed by atoms with Crippen LogP contribution >= 0.6 is 0 Å². The fourth-order valence-corrected chi connectivity index (χ4v) is 2.13. The first kappa shape index (κ1) is 16.3. The third kappa shape index (κ3) is 4.40. The molecule has 0 aromatic carbocycles. The predicted octanol–water partition coefficient (Wildman–Crippen LogP) is 0.359. The van der Waals surface area contributed by atoms with Gasteiger partial charge in [0.05, 0.1) is 0 Å². The second-order valence-electron chi connectivity index (χ2n) is 5.53. The van der Waals surface area contributed by atoms with Gasteiger partial charge in [0.2, 0.25) is 5.91 Å². The zero-order valence-corrected chi connectivity index (χ0v) is 12.3. The number of carboxylic acids is 1. The summed E-state index contributed by atoms with van der Waals surface area (Å²) in [5.74, 6) is -0.885. The molecular weight excluding hydrogens is 262 g/mol. The molecule has 0 aromatic heterocycles. The van der Waals surface area contributed by atoms with E-state index in [1.165, 1.54) is 16.8 Å². The molecule has 0 spiro atoms. The predicted molar refractivity (Wildman–Crippen MR) is 73.2 cm³/mol. The Labute approximate surface area is 118 Å². The minimum atomic E-state index is -0.992. The van der Waals surface area contributed by atoms with E-state index in [1.807, 2.05) is 13.8 Å². The number of urea groups is 1. The highest BCUT2D eigenvalue weighted by molar-refractivity contribution is 5.87. The number of likely N-dealkylation sites (tertiary alicyclic amines) is 1. The van der Waals surface area contributed by atoms with Crippen molar-refractivity contribution in [3.8, 4) is 0 Å². The summed E-state index contributed by atoms with van der Waals surface area (Å²) in [7, 11) is 1.51. The van der Waals surface area contributed by atoms with Crippen LogP contribution in [0, 0.1) is 5.92 Å². The van der Waals surface area contributed by atoms with Crippen LogP contribution in [-0.4, -0.2) is 65.5 Å². The lowest BCUT2D eigenvalue weighted by Crippen LogP contribution is -2.49. The Morgan fingerprint density at radius 2 is 2.05 bits per heavy atom. The lowest BCUT2D eigenvalue weighted by Gasteiger charge is -2.27. The second-order valence-corrected chi connectivity index (χ2v) is 5.53. The molecule has 3 amide bonds. The number of hydrogen-bond acceptors (Lipinski definition) is 3. The first-order valence-corrected chi connectivity index (χ1v) is 6.84. The molecule has 0 aromatic rings. The minimum absolute atomic E-state index is 0.0611. The highest BCUT2D eigenvalue weighted by atomic mass is 16.4. The van der Waals surface area contributed by atoms with Gasteiger partial charge in [-0.15, -0.1) is 0 Å². The van der Waals surface area contributed by atoms with Crippen molar-refractivity contribution in [3.63, 3.8) is 0 Å². The van der Waals surface area contributed by atoms with E-state index in [0.29, 0.717) is 31.8 Å². The molecule has 1 aliphatic heterocycles. The van der Waals surface area contributed by atoms with Gasteiger partial charge >= 0.3 is 12.0 Å². The van der Waals surface area contributed by atoms with Crippen molar-refractivity contribution in [3.05, 3.63) is 0 Å². The largest absolute Gasteiger partial charge is 0.480 e. The second kappa shape index (κ2) is 7.12. The lowest BCUT2D eigenvalue weighted by molar-refractivity contribution is -0.141. The molecular formula is C13H23N3O4. The molecule has 1 rings (SSSR count). The van der Waals surface area contributed by atoms with E-state index in [9.17, 15) is 14.4 Å². The van der Waals surface area contributed by atoms with Crippen LogP contribution in [0.3, 0.4) is 0 Å². The molecule has 1 heterocycles. The fraction of sp³-hybridized carbons (Fsp3) is 0.769. The van der Waals surface area contributed by atoms with Gasteiger partial charge in [-0.05, 0) is 18.8 Å². The zero-order valence-electron chi connectivity index (χ0n) is 12.3. The third-order valence-corrected chi connectivity index (χ3v) is 3.20. The summed E-state index contributed by atoms with van der Waals surface area (Å²) >= 11 is 0. The molecule has 0 bridgehead atoms. The van der Waals surface area contributed by atoms with Crippen LogP contribution in [0.2, 0.25) is 0 Å². The average Bonchev–Trinajstić information content (AvgIpc) is 2.84. The number of carboxylic acid groups (broad SMARTS) is 1. The van der Waals surface area contributed by atoms with E-state index in [-0.39, 0.29) is 12.5 Å². The zero-order chi connectivity index (χ0) is 15.3. The molecule has 1 fully saturated rings. The van der Waals surface area contributed by atoms with Gasteiger partial charge in [-0.25, -0.2) is 9.59 Å². The quantitative estimate of drug-likeness (QED) is 0.763. The SMILES string of the molecule is CC(C)CNC(=O)CN(C)C(=O)N1CCC[C@@H]1C(=O)O. The Morgan fingerprint density at radius 3 is 2.60 bits per heavy atom. The van der Waals surface area contributed by atoms with Crippen molar-refractivity contribution in [2.75, 3.05) is 26.7 Å². The first-order chi connectivity index (χ1) is 9.32. The highest BCUT2D eigenvalue weighted by Crippen LogP contribution is 2.18. The molecule has 7 heteroatoms. The van der Waals surface area contributed by atoms with Gasteiger partial charge in [-0.2, -0.15) is 0 Å². The third-order valence-electron chi connectivity index (χ3n) is 3.20. The summed E-state index contributed by atoms with van der Waals surface area (Å²) in [6.07, 6.45) is 1.14. The molecule has 0 saturated carbocycles. The van der Waals surface area contributed by atoms with Gasteiger partial charge in [-0.1, -0.05) is 13.8 Å². The Balaban J connectivity index is 2.50. The fourth-order valence-electron chi connectivity index (χ4n) is 2.13. The molecule has 0 aliphatic carbocycles. The van der Waals surface area contributed by atoms with Crippen molar-refractivity contribution in [2.45, 2.75) is 32.7 Å². The monoisotopic (exact) mass is 285 g/mol. The number of carbonyl (C=O) groups is 3. The van der Waals surface area contributed by atoms with Crippen molar-refractivity contribution in [2.24, 2.45) is 5.92 Å². The standard InChI is InChI=1S/C13H23N3O4/c1-9(2)7-14-11(17)8-15(3)13(20)16-6-4-5-10(16)12(18)19/h9-10H,4-8H2,1-3H3,(H,14,17)(H,18,19)/t10-/m1/s1. The number of nitrogens with zero attached hydrogens (tertiary/aromatic N) is 2. The summed E-state index contributed by atoms with van der Waals surface area (Å²) in [6, 6.07) is -1.18. The van der Waals surface area contributed by atoms with Crippen LogP contribution in [0.1, 0.15) is 26.7 Å². The molecule has 0 unspecified atom stereocenters. The first-order valence-electron chi connectivity index (χ1n) is 6.84. The number of amides is 3. The summed E-state index contributed by atoms with van der Waals surface area (Å²) < 4.78 is 0. The number of rotatable bonds is 5. The Hall–Kier alpha value is -1.79. The van der Waals surface area contributed by atoms with Gasteiger partial charge in [-0.3, -0.25) is 4.79 Å². The van der Waals surface area contributed by atoms with Crippen molar-refractivity contribution in [1.82, 2.24) is 15.1 Å². The average molecular weight is 285 g/mol. The molecule has 7 nitrogen and oxygen atoms in total. The van der Waals surface area contributed by atoms with Crippen molar-refractivity contribution < 1.29 is 19.5 Å². The van der Waals surface area contributed by atoms with E-state index in [1.54, 1.807) is 0 Å². The van der Waals surface area contributed by atoms with Gasteiger partial charge in [0.15, 0.2) is 0 Å². The summed E-state index contributed by atoms with van der Waals surface area (Å²) in [5, 5.41) is 11.8. The summed E-state index contributed by atoms with van der Waals surface area (Å²) in [5.41, 5.74) is 0. The van der Waals surface area contributed by atoms with E-state index in [0.717, 1.165) is 0 Å². The summed E-state index contributed by atoms with van der Waals surface area (Å²) in [6.45, 7) is 4.89. The Morgan fingerprint density at radius 1 is 1.40 bits per heavy atom. The Bertz CT molecular complexity index is 384. The Kier molecular flexibility index (Phi) is 5.79. The van der Waals surface area contributed by atoms with Crippen molar-refractivity contribution >= 4 is 17.9 Å². The van der Waals surface area contributed by atoms with Crippen molar-refractivity contribution in [1.29, 1.82) is 0 Å².